The topological polar surface area (TPSA) is 63.2 Å². The van der Waals surface area contributed by atoms with E-state index >= 15 is 0 Å². The van der Waals surface area contributed by atoms with Crippen molar-refractivity contribution in [3.8, 4) is 28.4 Å². The minimum absolute atomic E-state index is 0.0962. The van der Waals surface area contributed by atoms with Gasteiger partial charge in [0.25, 0.3) is 0 Å². The zero-order valence-corrected chi connectivity index (χ0v) is 21.8. The van der Waals surface area contributed by atoms with Crippen molar-refractivity contribution in [1.29, 1.82) is 0 Å². The van der Waals surface area contributed by atoms with E-state index in [4.69, 9.17) is 14.2 Å². The van der Waals surface area contributed by atoms with Gasteiger partial charge in [0.15, 0.2) is 0 Å². The van der Waals surface area contributed by atoms with Gasteiger partial charge in [0.2, 0.25) is 0 Å². The average molecular weight is 495 g/mol. The first kappa shape index (κ1) is 25.6. The van der Waals surface area contributed by atoms with Crippen LogP contribution < -0.4 is 24.4 Å². The lowest BCUT2D eigenvalue weighted by molar-refractivity contribution is 0.122. The summed E-state index contributed by atoms with van der Waals surface area (Å²) in [5.41, 5.74) is 5.64. The van der Waals surface area contributed by atoms with Crippen LogP contribution in [0.2, 0.25) is 0 Å². The Hall–Kier alpha value is -3.45. The molecule has 0 amide bonds. The molecule has 6 nitrogen and oxygen atoms in total. The number of aryl methyl sites for hydroxylation is 1. The van der Waals surface area contributed by atoms with Crippen LogP contribution in [-0.4, -0.2) is 44.1 Å². The highest BCUT2D eigenvalue weighted by Crippen LogP contribution is 2.44. The van der Waals surface area contributed by atoms with Gasteiger partial charge >= 0.3 is 0 Å². The number of aliphatic hydroxyl groups excluding tert-OH is 1. The van der Waals surface area contributed by atoms with Gasteiger partial charge in [-0.25, -0.2) is 4.39 Å². The van der Waals surface area contributed by atoms with Crippen LogP contribution in [0, 0.1) is 12.7 Å². The van der Waals surface area contributed by atoms with Gasteiger partial charge in [-0.3, -0.25) is 0 Å². The Morgan fingerprint density at radius 3 is 2.53 bits per heavy atom. The third kappa shape index (κ3) is 5.51. The molecule has 192 valence electrons. The van der Waals surface area contributed by atoms with Crippen molar-refractivity contribution < 1.29 is 23.7 Å². The molecule has 0 saturated heterocycles. The molecule has 1 heterocycles. The van der Waals surface area contributed by atoms with Crippen LogP contribution in [0.4, 0.5) is 15.8 Å². The quantitative estimate of drug-likeness (QED) is 0.413. The maximum absolute atomic E-state index is 13.9. The Balaban J connectivity index is 1.80. The molecular weight excluding hydrogens is 459 g/mol. The second-order valence-electron chi connectivity index (χ2n) is 10.1. The van der Waals surface area contributed by atoms with E-state index in [1.165, 1.54) is 12.1 Å². The van der Waals surface area contributed by atoms with Crippen molar-refractivity contribution in [2.45, 2.75) is 45.9 Å². The smallest absolute Gasteiger partial charge is 0.130 e. The van der Waals surface area contributed by atoms with Crippen LogP contribution in [0.5, 0.6) is 17.2 Å². The molecule has 3 aromatic carbocycles. The summed E-state index contributed by atoms with van der Waals surface area (Å²) >= 11 is 0. The Kier molecular flexibility index (Phi) is 7.31. The number of likely N-dealkylation sites (N-methyl/N-ethyl adjacent to an activating group) is 1. The molecule has 0 saturated carbocycles. The summed E-state index contributed by atoms with van der Waals surface area (Å²) < 4.78 is 31.6. The van der Waals surface area contributed by atoms with Gasteiger partial charge < -0.3 is 29.5 Å². The number of benzene rings is 3. The minimum Gasteiger partial charge on any atom is -0.496 e. The standard InChI is InChI=1S/C29H35FN2O4/c1-18-7-8-20(30)13-26(18)36-16-24-22(11-12-25-28(24)32(5)17-29(3,4)31-25)23-10-9-21(14-27(23)34-6)35-15-19(2)33/h7-14,19,31,33H,15-17H2,1-6H3/t19-/m0/s1. The van der Waals surface area contributed by atoms with Crippen LogP contribution in [0.15, 0.2) is 48.5 Å². The highest BCUT2D eigenvalue weighted by molar-refractivity contribution is 5.87. The largest absolute Gasteiger partial charge is 0.496 e. The summed E-state index contributed by atoms with van der Waals surface area (Å²) in [5.74, 6) is 1.44. The Morgan fingerprint density at radius 1 is 1.06 bits per heavy atom. The summed E-state index contributed by atoms with van der Waals surface area (Å²) in [5, 5.41) is 13.2. The highest BCUT2D eigenvalue weighted by atomic mass is 19.1. The number of nitrogens with one attached hydrogen (secondary N) is 1. The molecule has 3 aromatic rings. The van der Waals surface area contributed by atoms with Gasteiger partial charge in [-0.2, -0.15) is 0 Å². The minimum atomic E-state index is -0.571. The number of nitrogens with zero attached hydrogens (tertiary/aromatic N) is 1. The van der Waals surface area contributed by atoms with Crippen molar-refractivity contribution in [2.24, 2.45) is 0 Å². The van der Waals surface area contributed by atoms with Gasteiger partial charge in [-0.05, 0) is 63.1 Å². The van der Waals surface area contributed by atoms with E-state index in [0.717, 1.165) is 40.2 Å². The number of rotatable bonds is 8. The lowest BCUT2D eigenvalue weighted by Gasteiger charge is -2.41. The fourth-order valence-electron chi connectivity index (χ4n) is 4.73. The van der Waals surface area contributed by atoms with Crippen molar-refractivity contribution in [3.05, 3.63) is 65.5 Å². The Bertz CT molecular complexity index is 1240. The molecule has 7 heteroatoms. The third-order valence-electron chi connectivity index (χ3n) is 6.25. The molecule has 4 rings (SSSR count). The molecule has 0 spiro atoms. The van der Waals surface area contributed by atoms with Gasteiger partial charge in [0.05, 0.1) is 24.6 Å². The van der Waals surface area contributed by atoms with Crippen LogP contribution in [-0.2, 0) is 6.61 Å². The third-order valence-corrected chi connectivity index (χ3v) is 6.25. The van der Waals surface area contributed by atoms with Crippen LogP contribution in [0.3, 0.4) is 0 Å². The molecule has 1 aliphatic rings. The fraction of sp³-hybridized carbons (Fsp3) is 0.379. The van der Waals surface area contributed by atoms with E-state index in [2.05, 4.69) is 43.2 Å². The van der Waals surface area contributed by atoms with Crippen molar-refractivity contribution in [2.75, 3.05) is 37.5 Å². The number of fused-ring (bicyclic) bond motifs is 1. The molecule has 36 heavy (non-hydrogen) atoms. The zero-order chi connectivity index (χ0) is 26.0. The molecule has 0 aliphatic carbocycles. The molecule has 0 aromatic heterocycles. The van der Waals surface area contributed by atoms with Crippen molar-refractivity contribution in [1.82, 2.24) is 0 Å². The number of aliphatic hydroxyl groups is 1. The summed E-state index contributed by atoms with van der Waals surface area (Å²) in [6.07, 6.45) is -0.571. The monoisotopic (exact) mass is 494 g/mol. The van der Waals surface area contributed by atoms with E-state index in [1.807, 2.05) is 25.1 Å². The molecular formula is C29H35FN2O4. The second kappa shape index (κ2) is 10.3. The SMILES string of the molecule is COc1cc(OC[C@H](C)O)ccc1-c1ccc2c(c1COc1cc(F)ccc1C)N(C)CC(C)(C)N2. The van der Waals surface area contributed by atoms with E-state index in [9.17, 15) is 9.50 Å². The molecule has 0 radical (unpaired) electrons. The van der Waals surface area contributed by atoms with E-state index in [0.29, 0.717) is 17.2 Å². The van der Waals surface area contributed by atoms with Crippen molar-refractivity contribution in [3.63, 3.8) is 0 Å². The van der Waals surface area contributed by atoms with E-state index < -0.39 is 6.10 Å². The summed E-state index contributed by atoms with van der Waals surface area (Å²) in [4.78, 5) is 2.24. The van der Waals surface area contributed by atoms with Gasteiger partial charge in [-0.1, -0.05) is 12.1 Å². The number of hydrogen-bond donors (Lipinski definition) is 2. The molecule has 0 fully saturated rings. The maximum Gasteiger partial charge on any atom is 0.130 e. The predicted octanol–water partition coefficient (Wildman–Crippen LogP) is 5.79. The van der Waals surface area contributed by atoms with Crippen LogP contribution in [0.25, 0.3) is 11.1 Å². The number of anilines is 2. The van der Waals surface area contributed by atoms with Crippen LogP contribution in [0.1, 0.15) is 31.9 Å². The molecule has 1 atom stereocenters. The Morgan fingerprint density at radius 2 is 1.81 bits per heavy atom. The molecule has 2 N–H and O–H groups in total. The average Bonchev–Trinajstić information content (AvgIpc) is 2.82. The first-order valence-electron chi connectivity index (χ1n) is 12.1. The maximum atomic E-state index is 13.9. The lowest BCUT2D eigenvalue weighted by Crippen LogP contribution is -2.47. The van der Waals surface area contributed by atoms with Crippen molar-refractivity contribution >= 4 is 11.4 Å². The molecule has 0 bridgehead atoms. The predicted molar refractivity (Wildman–Crippen MR) is 142 cm³/mol. The zero-order valence-electron chi connectivity index (χ0n) is 21.8. The number of halogens is 1. The number of hydrogen-bond acceptors (Lipinski definition) is 6. The summed E-state index contributed by atoms with van der Waals surface area (Å²) in [6, 6.07) is 14.4. The van der Waals surface area contributed by atoms with Gasteiger partial charge in [-0.15, -0.1) is 0 Å². The first-order valence-corrected chi connectivity index (χ1v) is 12.1. The first-order chi connectivity index (χ1) is 17.1. The summed E-state index contributed by atoms with van der Waals surface area (Å²) in [6.45, 7) is 9.17. The van der Waals surface area contributed by atoms with Crippen LogP contribution >= 0.6 is 0 Å². The second-order valence-corrected chi connectivity index (χ2v) is 10.1. The molecule has 1 aliphatic heterocycles. The normalized spacial score (nSPS) is 15.1. The number of ether oxygens (including phenoxy) is 3. The Labute approximate surface area is 212 Å². The summed E-state index contributed by atoms with van der Waals surface area (Å²) in [7, 11) is 3.70. The van der Waals surface area contributed by atoms with Gasteiger partial charge in [0, 0.05) is 42.4 Å². The number of methoxy groups -OCH3 is 1. The van der Waals surface area contributed by atoms with Gasteiger partial charge in [0.1, 0.15) is 36.3 Å². The highest BCUT2D eigenvalue weighted by Gasteiger charge is 2.31. The van der Waals surface area contributed by atoms with E-state index in [-0.39, 0.29) is 24.6 Å². The lowest BCUT2D eigenvalue weighted by atomic mass is 9.92. The molecule has 0 unspecified atom stereocenters. The van der Waals surface area contributed by atoms with E-state index in [1.54, 1.807) is 20.1 Å². The fourth-order valence-corrected chi connectivity index (χ4v) is 4.73.